The van der Waals surface area contributed by atoms with E-state index in [1.165, 1.54) is 31.2 Å². The number of ketones is 1. The molecule has 3 rings (SSSR count). The molecule has 29 heavy (non-hydrogen) atoms. The number of hydrogen-bond acceptors (Lipinski definition) is 5. The second-order valence-corrected chi connectivity index (χ2v) is 9.30. The van der Waals surface area contributed by atoms with Crippen molar-refractivity contribution in [2.45, 2.75) is 57.6 Å². The van der Waals surface area contributed by atoms with E-state index in [0.29, 0.717) is 5.56 Å². The van der Waals surface area contributed by atoms with E-state index >= 15 is 0 Å². The summed E-state index contributed by atoms with van der Waals surface area (Å²) in [5.74, 6) is -0.946. The molecule has 6 nitrogen and oxygen atoms in total. The summed E-state index contributed by atoms with van der Waals surface area (Å²) >= 11 is 0. The molecule has 1 unspecified atom stereocenters. The summed E-state index contributed by atoms with van der Waals surface area (Å²) in [5.41, 5.74) is 3.63. The highest BCUT2D eigenvalue weighted by atomic mass is 32.2. The Hall–Kier alpha value is -2.51. The highest BCUT2D eigenvalue weighted by Crippen LogP contribution is 2.23. The second kappa shape index (κ2) is 8.08. The van der Waals surface area contributed by atoms with Gasteiger partial charge in [-0.05, 0) is 87.6 Å². The van der Waals surface area contributed by atoms with E-state index in [2.05, 4.69) is 4.72 Å². The molecule has 2 aromatic rings. The molecule has 0 aromatic heterocycles. The Labute approximate surface area is 171 Å². The summed E-state index contributed by atoms with van der Waals surface area (Å²) in [5, 5.41) is 0. The number of nitrogens with one attached hydrogen (secondary N) is 1. The molecule has 1 aliphatic carbocycles. The number of hydrogen-bond donors (Lipinski definition) is 1. The lowest BCUT2D eigenvalue weighted by atomic mass is 9.96. The van der Waals surface area contributed by atoms with Crippen molar-refractivity contribution in [1.82, 2.24) is 4.72 Å². The first-order chi connectivity index (χ1) is 13.6. The normalized spacial score (nSPS) is 15.0. The molecule has 1 N–H and O–H groups in total. The van der Waals surface area contributed by atoms with Crippen molar-refractivity contribution in [2.24, 2.45) is 0 Å². The van der Waals surface area contributed by atoms with Crippen molar-refractivity contribution >= 4 is 21.8 Å². The van der Waals surface area contributed by atoms with Gasteiger partial charge in [0.25, 0.3) is 0 Å². The third kappa shape index (κ3) is 4.92. The van der Waals surface area contributed by atoms with Crippen LogP contribution in [0.3, 0.4) is 0 Å². The quantitative estimate of drug-likeness (QED) is 0.552. The molecule has 0 bridgehead atoms. The monoisotopic (exact) mass is 415 g/mol. The van der Waals surface area contributed by atoms with Crippen LogP contribution in [0.5, 0.6) is 0 Å². The Morgan fingerprint density at radius 2 is 1.59 bits per heavy atom. The molecule has 1 fully saturated rings. The average Bonchev–Trinajstić information content (AvgIpc) is 3.47. The van der Waals surface area contributed by atoms with Gasteiger partial charge in [0.2, 0.25) is 15.8 Å². The van der Waals surface area contributed by atoms with Crippen LogP contribution in [0.25, 0.3) is 0 Å². The van der Waals surface area contributed by atoms with Crippen molar-refractivity contribution in [2.75, 3.05) is 0 Å². The average molecular weight is 416 g/mol. The minimum Gasteiger partial charge on any atom is -0.451 e. The van der Waals surface area contributed by atoms with Crippen LogP contribution >= 0.6 is 0 Å². The van der Waals surface area contributed by atoms with Crippen LogP contribution in [0, 0.1) is 20.8 Å². The van der Waals surface area contributed by atoms with Gasteiger partial charge in [0.15, 0.2) is 6.10 Å². The van der Waals surface area contributed by atoms with Gasteiger partial charge in [-0.25, -0.2) is 17.9 Å². The summed E-state index contributed by atoms with van der Waals surface area (Å²) in [7, 11) is -3.58. The van der Waals surface area contributed by atoms with E-state index in [1.807, 2.05) is 32.9 Å². The fourth-order valence-corrected chi connectivity index (χ4v) is 4.29. The van der Waals surface area contributed by atoms with E-state index in [4.69, 9.17) is 4.74 Å². The van der Waals surface area contributed by atoms with Crippen molar-refractivity contribution in [3.05, 3.63) is 64.2 Å². The topological polar surface area (TPSA) is 89.5 Å². The summed E-state index contributed by atoms with van der Waals surface area (Å²) < 4.78 is 32.3. The van der Waals surface area contributed by atoms with Gasteiger partial charge < -0.3 is 4.74 Å². The Kier molecular flexibility index (Phi) is 5.91. The Balaban J connectivity index is 1.69. The standard InChI is InChI=1S/C22H25NO5S/c1-13-11-15(3)20(12-14(13)2)21(24)16(4)28-22(25)17-5-9-19(10-6-17)29(26,27)23-18-7-8-18/h5-6,9-12,16,18,23H,7-8H2,1-4H3. The van der Waals surface area contributed by atoms with E-state index in [9.17, 15) is 18.0 Å². The van der Waals surface area contributed by atoms with Crippen molar-refractivity contribution < 1.29 is 22.7 Å². The predicted octanol–water partition coefficient (Wildman–Crippen LogP) is 3.48. The lowest BCUT2D eigenvalue weighted by molar-refractivity contribution is 0.0318. The number of benzene rings is 2. The molecule has 2 aromatic carbocycles. The zero-order valence-corrected chi connectivity index (χ0v) is 17.8. The van der Waals surface area contributed by atoms with Gasteiger partial charge in [0, 0.05) is 11.6 Å². The highest BCUT2D eigenvalue weighted by Gasteiger charge is 2.28. The van der Waals surface area contributed by atoms with Crippen LogP contribution in [0.2, 0.25) is 0 Å². The van der Waals surface area contributed by atoms with Crippen LogP contribution in [0.1, 0.15) is 57.2 Å². The van der Waals surface area contributed by atoms with Gasteiger partial charge in [-0.15, -0.1) is 0 Å². The van der Waals surface area contributed by atoms with Crippen LogP contribution in [0.4, 0.5) is 0 Å². The lowest BCUT2D eigenvalue weighted by Gasteiger charge is -2.15. The molecule has 1 atom stereocenters. The number of esters is 1. The number of Topliss-reactive ketones (excluding diaryl/α,β-unsaturated/α-hetero) is 1. The number of carbonyl (C=O) groups is 2. The zero-order chi connectivity index (χ0) is 21.3. The summed E-state index contributed by atoms with van der Waals surface area (Å²) in [6.07, 6.45) is 0.730. The molecule has 7 heteroatoms. The first-order valence-corrected chi connectivity index (χ1v) is 11.0. The fraction of sp³-hybridized carbons (Fsp3) is 0.364. The zero-order valence-electron chi connectivity index (χ0n) is 17.0. The maximum Gasteiger partial charge on any atom is 0.338 e. The second-order valence-electron chi connectivity index (χ2n) is 7.58. The maximum atomic E-state index is 12.7. The molecule has 0 saturated heterocycles. The first-order valence-electron chi connectivity index (χ1n) is 9.54. The number of aryl methyl sites for hydroxylation is 3. The minimum atomic E-state index is -3.58. The molecular formula is C22H25NO5S. The Morgan fingerprint density at radius 1 is 1.00 bits per heavy atom. The lowest BCUT2D eigenvalue weighted by Crippen LogP contribution is -2.26. The molecule has 1 aliphatic rings. The molecular weight excluding hydrogens is 390 g/mol. The molecule has 154 valence electrons. The Morgan fingerprint density at radius 3 is 2.17 bits per heavy atom. The molecule has 0 spiro atoms. The summed E-state index contributed by atoms with van der Waals surface area (Å²) in [4.78, 5) is 25.2. The molecule has 1 saturated carbocycles. The smallest absolute Gasteiger partial charge is 0.338 e. The van der Waals surface area contributed by atoms with Crippen molar-refractivity contribution in [1.29, 1.82) is 0 Å². The number of sulfonamides is 1. The maximum absolute atomic E-state index is 12.7. The van der Waals surface area contributed by atoms with E-state index < -0.39 is 22.1 Å². The number of carbonyl (C=O) groups excluding carboxylic acids is 2. The minimum absolute atomic E-state index is 0.00497. The van der Waals surface area contributed by atoms with Gasteiger partial charge in [0.05, 0.1) is 10.5 Å². The van der Waals surface area contributed by atoms with Crippen molar-refractivity contribution in [3.63, 3.8) is 0 Å². The third-order valence-corrected chi connectivity index (χ3v) is 6.60. The van der Waals surface area contributed by atoms with E-state index in [-0.39, 0.29) is 22.3 Å². The SMILES string of the molecule is Cc1cc(C)c(C(=O)C(C)OC(=O)c2ccc(S(=O)(=O)NC3CC3)cc2)cc1C. The summed E-state index contributed by atoms with van der Waals surface area (Å²) in [6.45, 7) is 7.29. The van der Waals surface area contributed by atoms with Crippen LogP contribution in [-0.2, 0) is 14.8 Å². The Bertz CT molecular complexity index is 1050. The van der Waals surface area contributed by atoms with Gasteiger partial charge >= 0.3 is 5.97 Å². The first kappa shape index (κ1) is 21.2. The van der Waals surface area contributed by atoms with Crippen molar-refractivity contribution in [3.8, 4) is 0 Å². The molecule has 0 amide bonds. The van der Waals surface area contributed by atoms with Gasteiger partial charge in [-0.1, -0.05) is 6.07 Å². The fourth-order valence-electron chi connectivity index (χ4n) is 2.99. The molecule has 0 heterocycles. The molecule has 0 aliphatic heterocycles. The molecule has 0 radical (unpaired) electrons. The number of rotatable bonds is 7. The van der Waals surface area contributed by atoms with Crippen LogP contribution in [0.15, 0.2) is 41.3 Å². The van der Waals surface area contributed by atoms with Gasteiger partial charge in [0.1, 0.15) is 0 Å². The van der Waals surface area contributed by atoms with Crippen LogP contribution < -0.4 is 4.72 Å². The van der Waals surface area contributed by atoms with Gasteiger partial charge in [-0.3, -0.25) is 4.79 Å². The van der Waals surface area contributed by atoms with E-state index in [1.54, 1.807) is 0 Å². The van der Waals surface area contributed by atoms with E-state index in [0.717, 1.165) is 29.5 Å². The number of ether oxygens (including phenoxy) is 1. The highest BCUT2D eigenvalue weighted by molar-refractivity contribution is 7.89. The largest absolute Gasteiger partial charge is 0.451 e. The third-order valence-electron chi connectivity index (χ3n) is 5.06. The van der Waals surface area contributed by atoms with Crippen LogP contribution in [-0.4, -0.2) is 32.3 Å². The summed E-state index contributed by atoms with van der Waals surface area (Å²) in [6, 6.07) is 9.26. The predicted molar refractivity (Wildman–Crippen MR) is 110 cm³/mol. The van der Waals surface area contributed by atoms with Gasteiger partial charge in [-0.2, -0.15) is 0 Å².